The van der Waals surface area contributed by atoms with E-state index in [4.69, 9.17) is 21.3 Å². The predicted molar refractivity (Wildman–Crippen MR) is 96.4 cm³/mol. The van der Waals surface area contributed by atoms with Crippen LogP contribution in [0.1, 0.15) is 60.7 Å². The molecule has 4 nitrogen and oxygen atoms in total. The molecule has 128 valence electrons. The second-order valence-corrected chi connectivity index (χ2v) is 7.10. The molecule has 0 aromatic carbocycles. The standard InChI is InChI=1S/C20H20ClN3O/c21-18-11-13(8-9-23-18)19-14-5-2-1-3-6-16(14)24-20(15(19)12-22)17-7-4-10-25-17/h8-9,11,17H,1-7,10H2. The fourth-order valence-electron chi connectivity index (χ4n) is 3.96. The van der Waals surface area contributed by atoms with Crippen molar-refractivity contribution in [2.24, 2.45) is 0 Å². The maximum atomic E-state index is 9.97. The van der Waals surface area contributed by atoms with Gasteiger partial charge in [0.05, 0.1) is 11.3 Å². The van der Waals surface area contributed by atoms with Crippen LogP contribution < -0.4 is 0 Å². The van der Waals surface area contributed by atoms with Crippen LogP contribution in [0.2, 0.25) is 5.15 Å². The van der Waals surface area contributed by atoms with Gasteiger partial charge in [0.25, 0.3) is 0 Å². The van der Waals surface area contributed by atoms with Gasteiger partial charge in [-0.1, -0.05) is 18.0 Å². The Balaban J connectivity index is 1.98. The molecule has 1 saturated heterocycles. The number of halogens is 1. The molecular formula is C20H20ClN3O. The van der Waals surface area contributed by atoms with E-state index in [1.807, 2.05) is 12.1 Å². The summed E-state index contributed by atoms with van der Waals surface area (Å²) in [5, 5.41) is 10.4. The molecule has 1 atom stereocenters. The Bertz CT molecular complexity index is 838. The molecule has 25 heavy (non-hydrogen) atoms. The largest absolute Gasteiger partial charge is 0.372 e. The lowest BCUT2D eigenvalue weighted by molar-refractivity contribution is 0.108. The molecule has 1 fully saturated rings. The van der Waals surface area contributed by atoms with E-state index < -0.39 is 0 Å². The highest BCUT2D eigenvalue weighted by Gasteiger charge is 2.28. The normalized spacial score (nSPS) is 19.9. The van der Waals surface area contributed by atoms with Crippen molar-refractivity contribution in [1.29, 1.82) is 5.26 Å². The van der Waals surface area contributed by atoms with E-state index in [0.717, 1.165) is 67.6 Å². The van der Waals surface area contributed by atoms with Gasteiger partial charge in [0.15, 0.2) is 0 Å². The smallest absolute Gasteiger partial charge is 0.129 e. The van der Waals surface area contributed by atoms with Crippen LogP contribution in [-0.2, 0) is 17.6 Å². The van der Waals surface area contributed by atoms with Crippen LogP contribution in [-0.4, -0.2) is 16.6 Å². The third-order valence-electron chi connectivity index (χ3n) is 5.11. The predicted octanol–water partition coefficient (Wildman–Crippen LogP) is 4.79. The average Bonchev–Trinajstić information content (AvgIpc) is 3.05. The Hall–Kier alpha value is -1.96. The fraction of sp³-hybridized carbons (Fsp3) is 0.450. The first-order valence-corrected chi connectivity index (χ1v) is 9.35. The minimum Gasteiger partial charge on any atom is -0.372 e. The molecule has 2 aliphatic rings. The Morgan fingerprint density at radius 1 is 1.20 bits per heavy atom. The first-order valence-electron chi connectivity index (χ1n) is 8.97. The summed E-state index contributed by atoms with van der Waals surface area (Å²) in [7, 11) is 0. The number of hydrogen-bond acceptors (Lipinski definition) is 4. The highest BCUT2D eigenvalue weighted by Crippen LogP contribution is 2.39. The van der Waals surface area contributed by atoms with Gasteiger partial charge in [0.1, 0.15) is 17.3 Å². The molecule has 0 saturated carbocycles. The number of nitrogens with zero attached hydrogens (tertiary/aromatic N) is 3. The summed E-state index contributed by atoms with van der Waals surface area (Å²) in [6, 6.07) is 6.21. The second kappa shape index (κ2) is 7.11. The van der Waals surface area contributed by atoms with Gasteiger partial charge in [-0.05, 0) is 61.8 Å². The molecular weight excluding hydrogens is 334 g/mol. The fourth-order valence-corrected chi connectivity index (χ4v) is 4.13. The van der Waals surface area contributed by atoms with Crippen LogP contribution in [0.3, 0.4) is 0 Å². The van der Waals surface area contributed by atoms with Crippen LogP contribution in [0.5, 0.6) is 0 Å². The lowest BCUT2D eigenvalue weighted by Gasteiger charge is -2.20. The monoisotopic (exact) mass is 353 g/mol. The summed E-state index contributed by atoms with van der Waals surface area (Å²) in [4.78, 5) is 9.03. The minimum atomic E-state index is -0.0701. The molecule has 0 amide bonds. The van der Waals surface area contributed by atoms with Crippen molar-refractivity contribution >= 4 is 11.6 Å². The number of hydrogen-bond donors (Lipinski definition) is 0. The Morgan fingerprint density at radius 2 is 2.08 bits per heavy atom. The van der Waals surface area contributed by atoms with Gasteiger partial charge in [0, 0.05) is 24.1 Å². The Morgan fingerprint density at radius 3 is 2.84 bits per heavy atom. The number of fused-ring (bicyclic) bond motifs is 1. The van der Waals surface area contributed by atoms with Crippen molar-refractivity contribution in [2.75, 3.05) is 6.61 Å². The lowest BCUT2D eigenvalue weighted by atomic mass is 9.89. The zero-order chi connectivity index (χ0) is 17.2. The van der Waals surface area contributed by atoms with Crippen molar-refractivity contribution in [2.45, 2.75) is 51.0 Å². The molecule has 3 heterocycles. The maximum absolute atomic E-state index is 9.97. The quantitative estimate of drug-likeness (QED) is 0.575. The van der Waals surface area contributed by atoms with Gasteiger partial charge >= 0.3 is 0 Å². The van der Waals surface area contributed by atoms with E-state index in [9.17, 15) is 5.26 Å². The molecule has 1 unspecified atom stereocenters. The molecule has 0 bridgehead atoms. The number of ether oxygens (including phenoxy) is 1. The summed E-state index contributed by atoms with van der Waals surface area (Å²) in [5.41, 5.74) is 5.74. The molecule has 5 heteroatoms. The number of nitriles is 1. The minimum absolute atomic E-state index is 0.0701. The van der Waals surface area contributed by atoms with Crippen molar-refractivity contribution in [3.8, 4) is 17.2 Å². The Kier molecular flexibility index (Phi) is 4.70. The SMILES string of the molecule is N#Cc1c(C2CCCO2)nc2c(c1-c1ccnc(Cl)c1)CCCCC2. The van der Waals surface area contributed by atoms with E-state index in [-0.39, 0.29) is 6.10 Å². The summed E-state index contributed by atoms with van der Waals surface area (Å²) < 4.78 is 5.87. The summed E-state index contributed by atoms with van der Waals surface area (Å²) in [5.74, 6) is 0. The molecule has 0 radical (unpaired) electrons. The lowest BCUT2D eigenvalue weighted by Crippen LogP contribution is -2.11. The van der Waals surface area contributed by atoms with Gasteiger partial charge in [0.2, 0.25) is 0 Å². The molecule has 1 aliphatic carbocycles. The first-order chi connectivity index (χ1) is 12.3. The highest BCUT2D eigenvalue weighted by atomic mass is 35.5. The van der Waals surface area contributed by atoms with E-state index in [1.165, 1.54) is 12.0 Å². The summed E-state index contributed by atoms with van der Waals surface area (Å²) in [6.07, 6.45) is 8.97. The molecule has 4 rings (SSSR count). The molecule has 0 N–H and O–H groups in total. The van der Waals surface area contributed by atoms with E-state index in [0.29, 0.717) is 10.7 Å². The average molecular weight is 354 g/mol. The van der Waals surface area contributed by atoms with Crippen LogP contribution in [0.25, 0.3) is 11.1 Å². The van der Waals surface area contributed by atoms with E-state index in [1.54, 1.807) is 6.20 Å². The van der Waals surface area contributed by atoms with Crippen LogP contribution in [0.15, 0.2) is 18.3 Å². The molecule has 0 spiro atoms. The number of aryl methyl sites for hydroxylation is 1. The van der Waals surface area contributed by atoms with Crippen LogP contribution >= 0.6 is 11.6 Å². The third kappa shape index (κ3) is 3.15. The topological polar surface area (TPSA) is 58.8 Å². The third-order valence-corrected chi connectivity index (χ3v) is 5.32. The number of rotatable bonds is 2. The zero-order valence-electron chi connectivity index (χ0n) is 14.1. The van der Waals surface area contributed by atoms with Gasteiger partial charge < -0.3 is 4.74 Å². The van der Waals surface area contributed by atoms with Crippen molar-refractivity contribution < 1.29 is 4.74 Å². The van der Waals surface area contributed by atoms with E-state index in [2.05, 4.69) is 11.1 Å². The van der Waals surface area contributed by atoms with Gasteiger partial charge in [-0.3, -0.25) is 4.98 Å². The maximum Gasteiger partial charge on any atom is 0.129 e. The molecule has 2 aromatic rings. The Labute approximate surface area is 152 Å². The van der Waals surface area contributed by atoms with Crippen LogP contribution in [0.4, 0.5) is 0 Å². The molecule has 1 aliphatic heterocycles. The molecule has 2 aromatic heterocycles. The summed E-state index contributed by atoms with van der Waals surface area (Å²) in [6.45, 7) is 0.741. The number of aromatic nitrogens is 2. The highest BCUT2D eigenvalue weighted by molar-refractivity contribution is 6.29. The zero-order valence-corrected chi connectivity index (χ0v) is 14.9. The van der Waals surface area contributed by atoms with Crippen molar-refractivity contribution in [1.82, 2.24) is 9.97 Å². The van der Waals surface area contributed by atoms with Gasteiger partial charge in [-0.2, -0.15) is 5.26 Å². The van der Waals surface area contributed by atoms with Crippen molar-refractivity contribution in [3.05, 3.63) is 46.0 Å². The van der Waals surface area contributed by atoms with Gasteiger partial charge in [-0.25, -0.2) is 4.98 Å². The van der Waals surface area contributed by atoms with Gasteiger partial charge in [-0.15, -0.1) is 0 Å². The van der Waals surface area contributed by atoms with E-state index >= 15 is 0 Å². The first kappa shape index (κ1) is 16.5. The number of pyridine rings is 2. The second-order valence-electron chi connectivity index (χ2n) is 6.71. The van der Waals surface area contributed by atoms with Crippen LogP contribution in [0, 0.1) is 11.3 Å². The van der Waals surface area contributed by atoms with Crippen molar-refractivity contribution in [3.63, 3.8) is 0 Å². The summed E-state index contributed by atoms with van der Waals surface area (Å²) >= 11 is 6.14.